The Kier molecular flexibility index (Phi) is 2.66. The Labute approximate surface area is 90.3 Å². The van der Waals surface area contributed by atoms with Gasteiger partial charge in [-0.05, 0) is 23.8 Å². The standard InChI is InChI=1S/C9H8ClFN4/c10-7-2-1-5(11)3-6(7)8(12)9-13-4-14-15-9/h1-4,8H,12H2,(H,13,14,15). The van der Waals surface area contributed by atoms with E-state index in [4.69, 9.17) is 17.3 Å². The largest absolute Gasteiger partial charge is 0.318 e. The molecule has 0 amide bonds. The number of nitrogens with one attached hydrogen (secondary N) is 1. The van der Waals surface area contributed by atoms with Gasteiger partial charge in [-0.15, -0.1) is 0 Å². The molecule has 0 spiro atoms. The molecule has 3 N–H and O–H groups in total. The van der Waals surface area contributed by atoms with Crippen molar-refractivity contribution in [2.75, 3.05) is 0 Å². The number of hydrogen-bond donors (Lipinski definition) is 2. The Hall–Kier alpha value is -1.46. The van der Waals surface area contributed by atoms with Gasteiger partial charge in [0.1, 0.15) is 18.0 Å². The first kappa shape index (κ1) is 10.1. The molecule has 0 saturated carbocycles. The van der Waals surface area contributed by atoms with E-state index in [1.54, 1.807) is 0 Å². The van der Waals surface area contributed by atoms with Crippen molar-refractivity contribution in [1.82, 2.24) is 15.2 Å². The first-order valence-electron chi connectivity index (χ1n) is 4.24. The highest BCUT2D eigenvalue weighted by Gasteiger charge is 2.15. The van der Waals surface area contributed by atoms with Crippen molar-refractivity contribution in [3.63, 3.8) is 0 Å². The van der Waals surface area contributed by atoms with Crippen molar-refractivity contribution in [3.8, 4) is 0 Å². The zero-order valence-corrected chi connectivity index (χ0v) is 8.37. The Morgan fingerprint density at radius 2 is 2.27 bits per heavy atom. The molecular formula is C9H8ClFN4. The number of halogens is 2. The van der Waals surface area contributed by atoms with Crippen LogP contribution in [0.1, 0.15) is 17.4 Å². The normalized spacial score (nSPS) is 12.7. The second-order valence-electron chi connectivity index (χ2n) is 3.01. The van der Waals surface area contributed by atoms with E-state index in [0.29, 0.717) is 16.4 Å². The van der Waals surface area contributed by atoms with Crippen molar-refractivity contribution in [2.24, 2.45) is 5.73 Å². The molecule has 0 aliphatic carbocycles. The van der Waals surface area contributed by atoms with Gasteiger partial charge in [0.05, 0.1) is 6.04 Å². The van der Waals surface area contributed by atoms with Crippen LogP contribution in [0.4, 0.5) is 4.39 Å². The molecule has 1 aromatic heterocycles. The fraction of sp³-hybridized carbons (Fsp3) is 0.111. The highest BCUT2D eigenvalue weighted by molar-refractivity contribution is 6.31. The third-order valence-corrected chi connectivity index (χ3v) is 2.37. The summed E-state index contributed by atoms with van der Waals surface area (Å²) in [5.41, 5.74) is 6.33. The SMILES string of the molecule is NC(c1ncn[nH]1)c1cc(F)ccc1Cl. The van der Waals surface area contributed by atoms with Crippen molar-refractivity contribution in [2.45, 2.75) is 6.04 Å². The van der Waals surface area contributed by atoms with Crippen LogP contribution in [0.15, 0.2) is 24.5 Å². The number of aromatic nitrogens is 3. The summed E-state index contributed by atoms with van der Waals surface area (Å²) in [6, 6.07) is 3.42. The van der Waals surface area contributed by atoms with E-state index < -0.39 is 6.04 Å². The van der Waals surface area contributed by atoms with E-state index in [1.165, 1.54) is 24.5 Å². The van der Waals surface area contributed by atoms with Crippen molar-refractivity contribution in [3.05, 3.63) is 46.8 Å². The summed E-state index contributed by atoms with van der Waals surface area (Å²) >= 11 is 5.90. The van der Waals surface area contributed by atoms with E-state index in [0.717, 1.165) is 0 Å². The van der Waals surface area contributed by atoms with Crippen molar-refractivity contribution >= 4 is 11.6 Å². The molecule has 1 atom stereocenters. The van der Waals surface area contributed by atoms with Gasteiger partial charge < -0.3 is 5.73 Å². The molecule has 1 heterocycles. The van der Waals surface area contributed by atoms with Crippen LogP contribution < -0.4 is 5.73 Å². The molecule has 0 aliphatic heterocycles. The lowest BCUT2D eigenvalue weighted by Gasteiger charge is -2.10. The minimum Gasteiger partial charge on any atom is -0.318 e. The summed E-state index contributed by atoms with van der Waals surface area (Å²) in [5.74, 6) is 0.0619. The fourth-order valence-corrected chi connectivity index (χ4v) is 1.50. The molecule has 1 aromatic carbocycles. The molecule has 78 valence electrons. The van der Waals surface area contributed by atoms with Gasteiger partial charge in [0.25, 0.3) is 0 Å². The predicted octanol–water partition coefficient (Wildman–Crippen LogP) is 1.65. The quantitative estimate of drug-likeness (QED) is 0.818. The summed E-state index contributed by atoms with van der Waals surface area (Å²) in [6.45, 7) is 0. The first-order chi connectivity index (χ1) is 7.18. The van der Waals surface area contributed by atoms with Crippen LogP contribution in [-0.2, 0) is 0 Å². The van der Waals surface area contributed by atoms with E-state index in [-0.39, 0.29) is 5.82 Å². The van der Waals surface area contributed by atoms with Gasteiger partial charge in [-0.2, -0.15) is 5.10 Å². The van der Waals surface area contributed by atoms with Crippen molar-refractivity contribution < 1.29 is 4.39 Å². The van der Waals surface area contributed by atoms with E-state index in [9.17, 15) is 4.39 Å². The van der Waals surface area contributed by atoms with E-state index >= 15 is 0 Å². The summed E-state index contributed by atoms with van der Waals surface area (Å²) in [7, 11) is 0. The molecule has 0 saturated heterocycles. The molecular weight excluding hydrogens is 219 g/mol. The number of H-pyrrole nitrogens is 1. The van der Waals surface area contributed by atoms with Gasteiger partial charge in [-0.3, -0.25) is 5.10 Å². The molecule has 4 nitrogen and oxygen atoms in total. The molecule has 0 aliphatic rings. The maximum Gasteiger partial charge on any atom is 0.145 e. The number of nitrogens with two attached hydrogens (primary N) is 1. The molecule has 2 aromatic rings. The van der Waals surface area contributed by atoms with Crippen LogP contribution in [-0.4, -0.2) is 15.2 Å². The van der Waals surface area contributed by atoms with Gasteiger partial charge in [-0.25, -0.2) is 9.37 Å². The van der Waals surface area contributed by atoms with Gasteiger partial charge in [0.2, 0.25) is 0 Å². The Morgan fingerprint density at radius 1 is 1.47 bits per heavy atom. The summed E-state index contributed by atoms with van der Waals surface area (Å²) in [5, 5.41) is 6.69. The highest BCUT2D eigenvalue weighted by atomic mass is 35.5. The summed E-state index contributed by atoms with van der Waals surface area (Å²) in [6.07, 6.45) is 1.34. The number of nitrogens with zero attached hydrogens (tertiary/aromatic N) is 2. The van der Waals surface area contributed by atoms with E-state index in [1.807, 2.05) is 0 Å². The van der Waals surface area contributed by atoms with Gasteiger partial charge in [-0.1, -0.05) is 11.6 Å². The number of aromatic amines is 1. The Morgan fingerprint density at radius 3 is 2.93 bits per heavy atom. The molecule has 2 rings (SSSR count). The maximum absolute atomic E-state index is 13.0. The van der Waals surface area contributed by atoms with Gasteiger partial charge in [0, 0.05) is 5.02 Å². The number of rotatable bonds is 2. The number of hydrogen-bond acceptors (Lipinski definition) is 3. The second kappa shape index (κ2) is 3.96. The molecule has 15 heavy (non-hydrogen) atoms. The summed E-state index contributed by atoms with van der Waals surface area (Å²) in [4.78, 5) is 3.89. The molecule has 6 heteroatoms. The average Bonchev–Trinajstić information content (AvgIpc) is 2.74. The van der Waals surface area contributed by atoms with Gasteiger partial charge in [0.15, 0.2) is 0 Å². The van der Waals surface area contributed by atoms with Crippen LogP contribution in [0.25, 0.3) is 0 Å². The summed E-state index contributed by atoms with van der Waals surface area (Å²) < 4.78 is 13.0. The van der Waals surface area contributed by atoms with E-state index in [2.05, 4.69) is 15.2 Å². The van der Waals surface area contributed by atoms with Crippen LogP contribution in [0.3, 0.4) is 0 Å². The second-order valence-corrected chi connectivity index (χ2v) is 3.42. The number of benzene rings is 1. The molecule has 1 unspecified atom stereocenters. The molecule has 0 bridgehead atoms. The lowest BCUT2D eigenvalue weighted by molar-refractivity contribution is 0.622. The first-order valence-corrected chi connectivity index (χ1v) is 4.62. The third-order valence-electron chi connectivity index (χ3n) is 2.02. The minimum absolute atomic E-state index is 0.385. The third kappa shape index (κ3) is 1.98. The Bertz CT molecular complexity index is 457. The highest BCUT2D eigenvalue weighted by Crippen LogP contribution is 2.25. The van der Waals surface area contributed by atoms with Crippen LogP contribution >= 0.6 is 11.6 Å². The monoisotopic (exact) mass is 226 g/mol. The van der Waals surface area contributed by atoms with Crippen LogP contribution in [0, 0.1) is 5.82 Å². The average molecular weight is 227 g/mol. The predicted molar refractivity (Wildman–Crippen MR) is 53.8 cm³/mol. The lowest BCUT2D eigenvalue weighted by Crippen LogP contribution is -2.14. The lowest BCUT2D eigenvalue weighted by atomic mass is 10.1. The van der Waals surface area contributed by atoms with Crippen LogP contribution in [0.5, 0.6) is 0 Å². The maximum atomic E-state index is 13.0. The zero-order chi connectivity index (χ0) is 10.8. The molecule has 0 fully saturated rings. The van der Waals surface area contributed by atoms with Crippen LogP contribution in [0.2, 0.25) is 5.02 Å². The van der Waals surface area contributed by atoms with Crippen molar-refractivity contribution in [1.29, 1.82) is 0 Å². The molecule has 0 radical (unpaired) electrons. The smallest absolute Gasteiger partial charge is 0.145 e. The zero-order valence-electron chi connectivity index (χ0n) is 7.61. The fourth-order valence-electron chi connectivity index (χ4n) is 1.27. The Balaban J connectivity index is 2.41. The topological polar surface area (TPSA) is 67.6 Å². The van der Waals surface area contributed by atoms with Gasteiger partial charge >= 0.3 is 0 Å². The minimum atomic E-state index is -0.601.